The van der Waals surface area contributed by atoms with E-state index >= 15 is 0 Å². The van der Waals surface area contributed by atoms with Crippen LogP contribution in [0.5, 0.6) is 0 Å². The Bertz CT molecular complexity index is 981. The smallest absolute Gasteiger partial charge is 0.193 e. The van der Waals surface area contributed by atoms with Gasteiger partial charge in [0.25, 0.3) is 0 Å². The van der Waals surface area contributed by atoms with Gasteiger partial charge in [-0.1, -0.05) is 29.8 Å². The van der Waals surface area contributed by atoms with Crippen molar-refractivity contribution in [2.75, 3.05) is 39.8 Å². The lowest BCUT2D eigenvalue weighted by molar-refractivity contribution is 0.172. The third kappa shape index (κ3) is 6.30. The molecule has 0 bridgehead atoms. The molecule has 1 saturated heterocycles. The van der Waals surface area contributed by atoms with E-state index in [0.717, 1.165) is 74.6 Å². The van der Waals surface area contributed by atoms with Gasteiger partial charge in [-0.25, -0.2) is 0 Å². The van der Waals surface area contributed by atoms with Crippen molar-refractivity contribution in [3.63, 3.8) is 0 Å². The molecular formula is C22H29ClIN7. The predicted octanol–water partition coefficient (Wildman–Crippen LogP) is 3.33. The van der Waals surface area contributed by atoms with Crippen molar-refractivity contribution in [2.24, 2.45) is 4.99 Å². The molecule has 0 unspecified atom stereocenters. The van der Waals surface area contributed by atoms with Crippen LogP contribution in [0.25, 0.3) is 5.65 Å². The van der Waals surface area contributed by atoms with Gasteiger partial charge < -0.3 is 10.2 Å². The molecule has 4 rings (SSSR count). The molecule has 0 radical (unpaired) electrons. The molecule has 3 aromatic rings. The average molecular weight is 554 g/mol. The summed E-state index contributed by atoms with van der Waals surface area (Å²) in [7, 11) is 1.86. The maximum Gasteiger partial charge on any atom is 0.193 e. The van der Waals surface area contributed by atoms with Crippen LogP contribution >= 0.6 is 35.6 Å². The van der Waals surface area contributed by atoms with Gasteiger partial charge in [-0.05, 0) is 36.2 Å². The number of rotatable bonds is 6. The van der Waals surface area contributed by atoms with E-state index in [0.29, 0.717) is 0 Å². The van der Waals surface area contributed by atoms with Gasteiger partial charge in [-0.15, -0.1) is 34.2 Å². The highest BCUT2D eigenvalue weighted by atomic mass is 127. The molecular weight excluding hydrogens is 525 g/mol. The summed E-state index contributed by atoms with van der Waals surface area (Å²) in [5, 5.41) is 12.8. The van der Waals surface area contributed by atoms with Gasteiger partial charge in [0.05, 0.1) is 0 Å². The van der Waals surface area contributed by atoms with E-state index < -0.39 is 0 Å². The second-order valence-electron chi connectivity index (χ2n) is 7.51. The SMILES string of the molecule is CN=C(NCCCc1nnc2ccccn12)N1CCN(Cc2ccc(Cl)cc2)CC1.I. The zero-order valence-electron chi connectivity index (χ0n) is 17.7. The van der Waals surface area contributed by atoms with E-state index in [2.05, 4.69) is 46.8 Å². The van der Waals surface area contributed by atoms with Gasteiger partial charge in [0.1, 0.15) is 5.82 Å². The molecule has 9 heteroatoms. The van der Waals surface area contributed by atoms with Crippen molar-refractivity contribution in [3.8, 4) is 0 Å². The van der Waals surface area contributed by atoms with Crippen LogP contribution in [0.4, 0.5) is 0 Å². The Kier molecular flexibility index (Phi) is 8.91. The fourth-order valence-corrected chi connectivity index (χ4v) is 3.93. The number of benzene rings is 1. The molecule has 166 valence electrons. The number of piperazine rings is 1. The quantitative estimate of drug-likeness (QED) is 0.220. The van der Waals surface area contributed by atoms with Crippen molar-refractivity contribution in [2.45, 2.75) is 19.4 Å². The molecule has 1 N–H and O–H groups in total. The van der Waals surface area contributed by atoms with E-state index in [1.54, 1.807) is 0 Å². The molecule has 2 aromatic heterocycles. The van der Waals surface area contributed by atoms with E-state index in [4.69, 9.17) is 11.6 Å². The molecule has 1 aliphatic heterocycles. The summed E-state index contributed by atoms with van der Waals surface area (Å²) < 4.78 is 2.05. The molecule has 1 fully saturated rings. The van der Waals surface area contributed by atoms with Crippen LogP contribution in [0.1, 0.15) is 17.8 Å². The first-order valence-corrected chi connectivity index (χ1v) is 10.8. The minimum Gasteiger partial charge on any atom is -0.356 e. The molecule has 0 saturated carbocycles. The van der Waals surface area contributed by atoms with E-state index in [1.165, 1.54) is 5.56 Å². The molecule has 0 aliphatic carbocycles. The van der Waals surface area contributed by atoms with E-state index in [1.807, 2.05) is 43.6 Å². The van der Waals surface area contributed by atoms with Crippen LogP contribution < -0.4 is 5.32 Å². The van der Waals surface area contributed by atoms with Gasteiger partial charge in [-0.2, -0.15) is 0 Å². The third-order valence-electron chi connectivity index (χ3n) is 5.45. The second-order valence-corrected chi connectivity index (χ2v) is 7.95. The van der Waals surface area contributed by atoms with Crippen LogP contribution in [0.2, 0.25) is 5.02 Å². The van der Waals surface area contributed by atoms with Gasteiger partial charge in [0, 0.05) is 64.0 Å². The minimum atomic E-state index is 0. The van der Waals surface area contributed by atoms with Crippen LogP contribution in [-0.2, 0) is 13.0 Å². The fraction of sp³-hybridized carbons (Fsp3) is 0.409. The molecule has 0 spiro atoms. The molecule has 1 aromatic carbocycles. The number of aromatic nitrogens is 3. The number of aryl methyl sites for hydroxylation is 1. The summed E-state index contributed by atoms with van der Waals surface area (Å²) in [5.41, 5.74) is 2.20. The van der Waals surface area contributed by atoms with E-state index in [9.17, 15) is 0 Å². The summed E-state index contributed by atoms with van der Waals surface area (Å²) >= 11 is 5.98. The Morgan fingerprint density at radius 1 is 1.06 bits per heavy atom. The summed E-state index contributed by atoms with van der Waals surface area (Å²) in [5.74, 6) is 1.98. The van der Waals surface area contributed by atoms with Gasteiger partial charge in [0.2, 0.25) is 0 Å². The molecule has 0 amide bonds. The Labute approximate surface area is 205 Å². The molecule has 31 heavy (non-hydrogen) atoms. The average Bonchev–Trinajstić information content (AvgIpc) is 3.19. The van der Waals surface area contributed by atoms with Gasteiger partial charge in [-0.3, -0.25) is 14.3 Å². The van der Waals surface area contributed by atoms with Crippen molar-refractivity contribution in [3.05, 3.63) is 65.1 Å². The Morgan fingerprint density at radius 3 is 2.58 bits per heavy atom. The Morgan fingerprint density at radius 2 is 1.84 bits per heavy atom. The van der Waals surface area contributed by atoms with Gasteiger partial charge >= 0.3 is 0 Å². The lowest BCUT2D eigenvalue weighted by Gasteiger charge is -2.36. The van der Waals surface area contributed by atoms with Gasteiger partial charge in [0.15, 0.2) is 11.6 Å². The number of nitrogens with one attached hydrogen (secondary N) is 1. The molecule has 1 aliphatic rings. The zero-order valence-corrected chi connectivity index (χ0v) is 20.8. The fourth-order valence-electron chi connectivity index (χ4n) is 3.81. The number of nitrogens with zero attached hydrogens (tertiary/aromatic N) is 6. The normalized spacial score (nSPS) is 15.2. The maximum absolute atomic E-state index is 5.98. The van der Waals surface area contributed by atoms with Crippen LogP contribution in [0, 0.1) is 0 Å². The first-order valence-electron chi connectivity index (χ1n) is 10.4. The minimum absolute atomic E-state index is 0. The summed E-state index contributed by atoms with van der Waals surface area (Å²) in [6, 6.07) is 14.1. The predicted molar refractivity (Wildman–Crippen MR) is 136 cm³/mol. The topological polar surface area (TPSA) is 61.1 Å². The van der Waals surface area contributed by atoms with Crippen molar-refractivity contribution in [1.29, 1.82) is 0 Å². The zero-order chi connectivity index (χ0) is 20.8. The standard InChI is InChI=1S/C22H28ClN7.HI/c1-24-22(25-11-4-6-21-27-26-20-5-2-3-12-30(20)21)29-15-13-28(14-16-29)17-18-7-9-19(23)10-8-18;/h2-3,5,7-10,12H,4,6,11,13-17H2,1H3,(H,24,25);1H. The third-order valence-corrected chi connectivity index (χ3v) is 5.70. The first kappa shape index (κ1) is 23.7. The van der Waals surface area contributed by atoms with Crippen LogP contribution in [0.15, 0.2) is 53.7 Å². The summed E-state index contributed by atoms with van der Waals surface area (Å²) in [4.78, 5) is 9.29. The maximum atomic E-state index is 5.98. The number of guanidine groups is 1. The highest BCUT2D eigenvalue weighted by Crippen LogP contribution is 2.13. The largest absolute Gasteiger partial charge is 0.356 e. The highest BCUT2D eigenvalue weighted by Gasteiger charge is 2.19. The second kappa shape index (κ2) is 11.6. The van der Waals surface area contributed by atoms with Crippen molar-refractivity contribution in [1.82, 2.24) is 29.7 Å². The van der Waals surface area contributed by atoms with Crippen LogP contribution in [-0.4, -0.2) is 70.1 Å². The van der Waals surface area contributed by atoms with Crippen molar-refractivity contribution < 1.29 is 0 Å². The Hall–Kier alpha value is -1.91. The number of fused-ring (bicyclic) bond motifs is 1. The first-order chi connectivity index (χ1) is 14.7. The monoisotopic (exact) mass is 553 g/mol. The molecule has 0 atom stereocenters. The Balaban J connectivity index is 0.00000272. The van der Waals surface area contributed by atoms with Crippen LogP contribution in [0.3, 0.4) is 0 Å². The lowest BCUT2D eigenvalue weighted by atomic mass is 10.2. The summed E-state index contributed by atoms with van der Waals surface area (Å²) in [6.07, 6.45) is 3.87. The summed E-state index contributed by atoms with van der Waals surface area (Å²) in [6.45, 7) is 5.82. The number of hydrogen-bond acceptors (Lipinski definition) is 4. The highest BCUT2D eigenvalue weighted by molar-refractivity contribution is 14.0. The lowest BCUT2D eigenvalue weighted by Crippen LogP contribution is -2.52. The number of hydrogen-bond donors (Lipinski definition) is 1. The van der Waals surface area contributed by atoms with E-state index in [-0.39, 0.29) is 24.0 Å². The number of halogens is 2. The van der Waals surface area contributed by atoms with Crippen molar-refractivity contribution >= 4 is 47.2 Å². The number of aliphatic imine (C=N–C) groups is 1. The number of pyridine rings is 1. The molecule has 7 nitrogen and oxygen atoms in total. The molecule has 3 heterocycles.